The van der Waals surface area contributed by atoms with Crippen molar-refractivity contribution in [3.63, 3.8) is 0 Å². The normalized spacial score (nSPS) is 11.4. The van der Waals surface area contributed by atoms with E-state index in [0.717, 1.165) is 118 Å². The van der Waals surface area contributed by atoms with E-state index in [2.05, 4.69) is 143 Å². The van der Waals surface area contributed by atoms with Gasteiger partial charge in [0.25, 0.3) is 0 Å². The van der Waals surface area contributed by atoms with Crippen LogP contribution < -0.4 is 9.80 Å². The summed E-state index contributed by atoms with van der Waals surface area (Å²) in [6.07, 6.45) is 5.80. The second-order valence-corrected chi connectivity index (χ2v) is 19.6. The summed E-state index contributed by atoms with van der Waals surface area (Å²) in [6, 6.07) is 19.8. The van der Waals surface area contributed by atoms with E-state index >= 15 is 0 Å². The van der Waals surface area contributed by atoms with Crippen molar-refractivity contribution >= 4 is 11.4 Å². The number of rotatable bonds is 22. The molecule has 0 aliphatic carbocycles. The molecule has 3 aromatic carbocycles. The molecule has 0 radical (unpaired) electrons. The van der Waals surface area contributed by atoms with Gasteiger partial charge < -0.3 is 37.9 Å². The van der Waals surface area contributed by atoms with Gasteiger partial charge >= 0.3 is 0 Å². The summed E-state index contributed by atoms with van der Waals surface area (Å²) in [6.45, 7) is 10.5. The Morgan fingerprint density at radius 3 is 0.864 bits per heavy atom. The highest BCUT2D eigenvalue weighted by molar-refractivity contribution is 5.56. The minimum absolute atomic E-state index is 0. The molecule has 8 heteroatoms. The first-order chi connectivity index (χ1) is 24.5. The van der Waals surface area contributed by atoms with Crippen LogP contribution >= 0.6 is 0 Å². The van der Waals surface area contributed by atoms with Gasteiger partial charge in [-0.3, -0.25) is 0 Å². The smallest absolute Gasteiger partial charge is 0.125 e. The van der Waals surface area contributed by atoms with Crippen molar-refractivity contribution in [3.8, 4) is 11.5 Å². The fourth-order valence-corrected chi connectivity index (χ4v) is 6.98. The first-order valence-corrected chi connectivity index (χ1v) is 19.9. The van der Waals surface area contributed by atoms with E-state index in [9.17, 15) is 10.2 Å². The van der Waals surface area contributed by atoms with E-state index in [4.69, 9.17) is 0 Å². The van der Waals surface area contributed by atoms with Gasteiger partial charge in [0.05, 0.1) is 111 Å². The summed E-state index contributed by atoms with van der Waals surface area (Å²) in [5, 5.41) is 22.3. The van der Waals surface area contributed by atoms with Crippen LogP contribution in [-0.4, -0.2) is 165 Å². The van der Waals surface area contributed by atoms with Crippen molar-refractivity contribution in [1.29, 1.82) is 0 Å². The third-order valence-corrected chi connectivity index (χ3v) is 10.1. The summed E-state index contributed by atoms with van der Waals surface area (Å²) in [5.74, 6) is 0.373. The quantitative estimate of drug-likeness (QED) is 0.0991. The van der Waals surface area contributed by atoms with Crippen molar-refractivity contribution in [2.24, 2.45) is 0 Å². The van der Waals surface area contributed by atoms with Gasteiger partial charge in [-0.05, 0) is 59.5 Å². The Labute approximate surface area is 369 Å². The Hall–Kier alpha value is -3.30. The highest BCUT2D eigenvalue weighted by Crippen LogP contribution is 2.36. The third kappa shape index (κ3) is 23.3. The summed E-state index contributed by atoms with van der Waals surface area (Å²) in [5.41, 5.74) is 7.06. The number of anilines is 2. The second kappa shape index (κ2) is 26.8. The molecule has 0 aromatic heterocycles. The predicted octanol–water partition coefficient (Wildman–Crippen LogP) is 10.4. The number of phenols is 2. The molecule has 59 heavy (non-hydrogen) atoms. The zero-order valence-electron chi connectivity index (χ0n) is 36.2. The SMILES string of the molecule is C.C.C.C.C.C.Cc1c(O)c(Cc2ccc(N(CCC[N+](C)(C)C)CCC[N+](C)(C)C)cc2)cc(Cc2ccc(N(CCC[N+](C)(C)C)CCC[N+](C)(C)C)cc2)c1O. The second-order valence-electron chi connectivity index (χ2n) is 19.6. The van der Waals surface area contributed by atoms with Crippen LogP contribution in [0.4, 0.5) is 11.4 Å². The van der Waals surface area contributed by atoms with Gasteiger partial charge in [0.1, 0.15) is 11.5 Å². The Morgan fingerprint density at radius 1 is 0.407 bits per heavy atom. The molecule has 0 saturated carbocycles. The molecule has 344 valence electrons. The predicted molar refractivity (Wildman–Crippen MR) is 268 cm³/mol. The first kappa shape index (κ1) is 62.4. The van der Waals surface area contributed by atoms with Gasteiger partial charge in [-0.1, -0.05) is 68.8 Å². The van der Waals surface area contributed by atoms with Crippen LogP contribution in [0.25, 0.3) is 0 Å². The van der Waals surface area contributed by atoms with Crippen LogP contribution in [0, 0.1) is 6.92 Å². The molecule has 0 bridgehead atoms. The lowest BCUT2D eigenvalue weighted by Crippen LogP contribution is -2.39. The number of hydrogen-bond donors (Lipinski definition) is 2. The Morgan fingerprint density at radius 2 is 0.644 bits per heavy atom. The van der Waals surface area contributed by atoms with Crippen molar-refractivity contribution in [1.82, 2.24) is 0 Å². The van der Waals surface area contributed by atoms with Crippen LogP contribution in [0.3, 0.4) is 0 Å². The fraction of sp³-hybridized carbons (Fsp3) is 0.647. The topological polar surface area (TPSA) is 46.9 Å². The van der Waals surface area contributed by atoms with Gasteiger partial charge in [0, 0.05) is 81.6 Å². The molecule has 0 heterocycles. The summed E-state index contributed by atoms with van der Waals surface area (Å²) < 4.78 is 3.90. The minimum Gasteiger partial charge on any atom is -0.507 e. The minimum atomic E-state index is 0. The Bertz CT molecular complexity index is 1390. The molecule has 0 spiro atoms. The third-order valence-electron chi connectivity index (χ3n) is 10.1. The lowest BCUT2D eigenvalue weighted by Gasteiger charge is -2.30. The largest absolute Gasteiger partial charge is 0.507 e. The molecule has 0 aliphatic heterocycles. The molecule has 0 amide bonds. The first-order valence-electron chi connectivity index (χ1n) is 19.9. The average Bonchev–Trinajstić information content (AvgIpc) is 3.03. The molecule has 0 fully saturated rings. The molecule has 0 unspecified atom stereocenters. The number of quaternary nitrogens is 4. The summed E-state index contributed by atoms with van der Waals surface area (Å²) in [7, 11) is 27.1. The Balaban J connectivity index is -0.00000252. The zero-order valence-corrected chi connectivity index (χ0v) is 36.2. The standard InChI is InChI=1S/C45H76N6O2.6CH4/c1-37-44(52)40(34-38-18-22-42(23-19-38)46(26-14-30-48(2,3)4)27-15-31-49(5,6)7)36-41(45(37)53)35-39-20-24-43(25-21-39)47(28-16-32-50(8,9)10)29-17-33-51(11,12)13;;;;;;/h18-25,36H,14-17,26-35H2,1-13H3;6*1H4/q+2;;;;;;/p+2. The van der Waals surface area contributed by atoms with E-state index in [0.29, 0.717) is 18.4 Å². The van der Waals surface area contributed by atoms with Crippen LogP contribution in [-0.2, 0) is 12.8 Å². The van der Waals surface area contributed by atoms with Gasteiger partial charge in [-0.2, -0.15) is 0 Å². The fourth-order valence-electron chi connectivity index (χ4n) is 6.98. The summed E-state index contributed by atoms with van der Waals surface area (Å²) >= 11 is 0. The number of hydrogen-bond acceptors (Lipinski definition) is 4. The van der Waals surface area contributed by atoms with Gasteiger partial charge in [-0.15, -0.1) is 0 Å². The van der Waals surface area contributed by atoms with Crippen LogP contribution in [0.1, 0.15) is 98.1 Å². The molecule has 8 nitrogen and oxygen atoms in total. The number of aromatic hydroxyl groups is 2. The molecule has 0 atom stereocenters. The Kier molecular flexibility index (Phi) is 28.3. The maximum Gasteiger partial charge on any atom is 0.125 e. The van der Waals surface area contributed by atoms with Gasteiger partial charge in [-0.25, -0.2) is 0 Å². The highest BCUT2D eigenvalue weighted by atomic mass is 16.3. The average molecular weight is 831 g/mol. The number of nitrogens with zero attached hydrogens (tertiary/aromatic N) is 6. The maximum absolute atomic E-state index is 11.2. The highest BCUT2D eigenvalue weighted by Gasteiger charge is 2.18. The van der Waals surface area contributed by atoms with Crippen LogP contribution in [0.5, 0.6) is 11.5 Å². The lowest BCUT2D eigenvalue weighted by atomic mass is 9.94. The van der Waals surface area contributed by atoms with Crippen LogP contribution in [0.2, 0.25) is 0 Å². The van der Waals surface area contributed by atoms with E-state index in [1.165, 1.54) is 11.4 Å². The van der Waals surface area contributed by atoms with Crippen molar-refractivity contribution in [2.75, 3.05) is 147 Å². The van der Waals surface area contributed by atoms with E-state index in [1.807, 2.05) is 13.0 Å². The number of benzene rings is 3. The summed E-state index contributed by atoms with van der Waals surface area (Å²) in [4.78, 5) is 5.08. The van der Waals surface area contributed by atoms with Crippen molar-refractivity contribution in [2.45, 2.75) is 90.0 Å². The molecule has 0 aliphatic rings. The monoisotopic (exact) mass is 831 g/mol. The lowest BCUT2D eigenvalue weighted by molar-refractivity contribution is -0.870. The molecular formula is C51H102N6O2+4. The van der Waals surface area contributed by atoms with Crippen molar-refractivity contribution in [3.05, 3.63) is 82.4 Å². The van der Waals surface area contributed by atoms with Crippen LogP contribution in [0.15, 0.2) is 54.6 Å². The maximum atomic E-state index is 11.2. The number of phenolic OH excluding ortho intramolecular Hbond substituents is 2. The van der Waals surface area contributed by atoms with Gasteiger partial charge in [0.15, 0.2) is 0 Å². The molecular weight excluding hydrogens is 729 g/mol. The van der Waals surface area contributed by atoms with Gasteiger partial charge in [0.2, 0.25) is 0 Å². The van der Waals surface area contributed by atoms with E-state index in [-0.39, 0.29) is 56.1 Å². The molecule has 0 saturated heterocycles. The molecule has 3 aromatic rings. The van der Waals surface area contributed by atoms with Crippen molar-refractivity contribution < 1.29 is 28.1 Å². The van der Waals surface area contributed by atoms with E-state index in [1.54, 1.807) is 0 Å². The molecule has 2 N–H and O–H groups in total. The zero-order chi connectivity index (χ0) is 39.6. The molecule has 3 rings (SSSR count). The van der Waals surface area contributed by atoms with E-state index < -0.39 is 0 Å².